The van der Waals surface area contributed by atoms with Gasteiger partial charge in [0.05, 0.1) is 22.8 Å². The molecular formula is C20H18ClF3N4OS. The lowest BCUT2D eigenvalue weighted by Gasteiger charge is -2.18. The number of amides is 1. The molecule has 0 fully saturated rings. The smallest absolute Gasteiger partial charge is 0.306 e. The van der Waals surface area contributed by atoms with E-state index in [1.807, 2.05) is 44.2 Å². The Bertz CT molecular complexity index is 1030. The van der Waals surface area contributed by atoms with Crippen molar-refractivity contribution in [3.05, 3.63) is 74.8 Å². The Morgan fingerprint density at radius 1 is 1.10 bits per heavy atom. The standard InChI is InChI=1S/C20H18ClF3N4OS/c1-11(13-6-4-3-5-7-13)27-12(2)19-26-10-16(30-19)18(29)28-17-8-14(20(22,23)24)15(21)9-25-17/h3-12,27H,1-2H3,(H,25,28,29)/t11-,12?/m1/s1. The number of rotatable bonds is 6. The van der Waals surface area contributed by atoms with E-state index in [2.05, 4.69) is 20.6 Å². The first-order valence-electron chi connectivity index (χ1n) is 8.96. The van der Waals surface area contributed by atoms with E-state index in [0.29, 0.717) is 11.1 Å². The van der Waals surface area contributed by atoms with Gasteiger partial charge in [0.25, 0.3) is 5.91 Å². The van der Waals surface area contributed by atoms with E-state index in [1.54, 1.807) is 0 Å². The van der Waals surface area contributed by atoms with Gasteiger partial charge >= 0.3 is 6.18 Å². The Hall–Kier alpha value is -2.49. The maximum atomic E-state index is 13.0. The zero-order valence-corrected chi connectivity index (χ0v) is 17.6. The number of carbonyl (C=O) groups is 1. The third-order valence-electron chi connectivity index (χ3n) is 4.32. The molecule has 0 saturated heterocycles. The maximum absolute atomic E-state index is 13.0. The number of alkyl halides is 3. The molecule has 2 atom stereocenters. The zero-order chi connectivity index (χ0) is 21.9. The van der Waals surface area contributed by atoms with Gasteiger partial charge in [-0.05, 0) is 25.5 Å². The van der Waals surface area contributed by atoms with Crippen LogP contribution in [0.25, 0.3) is 0 Å². The summed E-state index contributed by atoms with van der Waals surface area (Å²) in [5, 5.41) is 5.92. The highest BCUT2D eigenvalue weighted by Crippen LogP contribution is 2.35. The molecule has 0 aliphatic rings. The first kappa shape index (κ1) is 22.2. The van der Waals surface area contributed by atoms with Crippen molar-refractivity contribution in [1.82, 2.24) is 15.3 Å². The first-order valence-corrected chi connectivity index (χ1v) is 10.2. The van der Waals surface area contributed by atoms with E-state index >= 15 is 0 Å². The van der Waals surface area contributed by atoms with Crippen molar-refractivity contribution in [2.75, 3.05) is 5.32 Å². The van der Waals surface area contributed by atoms with Gasteiger partial charge in [0.15, 0.2) is 0 Å². The summed E-state index contributed by atoms with van der Waals surface area (Å²) in [6.45, 7) is 3.95. The molecule has 0 spiro atoms. The Morgan fingerprint density at radius 2 is 1.80 bits per heavy atom. The van der Waals surface area contributed by atoms with Crippen LogP contribution in [0, 0.1) is 0 Å². The molecule has 3 aromatic rings. The lowest BCUT2D eigenvalue weighted by Crippen LogP contribution is -2.22. The predicted octanol–water partition coefficient (Wildman–Crippen LogP) is 5.87. The van der Waals surface area contributed by atoms with Gasteiger partial charge < -0.3 is 10.6 Å². The summed E-state index contributed by atoms with van der Waals surface area (Å²) in [7, 11) is 0. The molecule has 5 nitrogen and oxygen atoms in total. The van der Waals surface area contributed by atoms with Crippen molar-refractivity contribution in [1.29, 1.82) is 0 Å². The number of nitrogens with one attached hydrogen (secondary N) is 2. The molecule has 1 aromatic carbocycles. The molecule has 0 bridgehead atoms. The van der Waals surface area contributed by atoms with Gasteiger partial charge in [-0.1, -0.05) is 41.9 Å². The normalized spacial score (nSPS) is 13.7. The molecule has 158 valence electrons. The number of benzene rings is 1. The molecule has 1 amide bonds. The Balaban J connectivity index is 1.68. The monoisotopic (exact) mass is 454 g/mol. The van der Waals surface area contributed by atoms with Crippen LogP contribution in [0.3, 0.4) is 0 Å². The fourth-order valence-corrected chi connectivity index (χ4v) is 3.81. The SMILES string of the molecule is CC(N[C@H](C)c1ccccc1)c1ncc(C(=O)Nc2cc(C(F)(F)F)c(Cl)cn2)s1. The second-order valence-corrected chi connectivity index (χ2v) is 8.05. The minimum atomic E-state index is -4.65. The van der Waals surface area contributed by atoms with Crippen LogP contribution in [0.5, 0.6) is 0 Å². The molecule has 0 saturated carbocycles. The second-order valence-electron chi connectivity index (χ2n) is 6.58. The molecule has 1 unspecified atom stereocenters. The van der Waals surface area contributed by atoms with Crippen LogP contribution < -0.4 is 10.6 Å². The summed E-state index contributed by atoms with van der Waals surface area (Å²) in [5.74, 6) is -0.833. The second kappa shape index (κ2) is 9.11. The lowest BCUT2D eigenvalue weighted by atomic mass is 10.1. The maximum Gasteiger partial charge on any atom is 0.418 e. The molecule has 2 aromatic heterocycles. The van der Waals surface area contributed by atoms with E-state index in [0.717, 1.165) is 23.1 Å². The number of thiazole rings is 1. The summed E-state index contributed by atoms with van der Waals surface area (Å²) in [6, 6.07) is 10.5. The van der Waals surface area contributed by atoms with E-state index in [9.17, 15) is 18.0 Å². The molecule has 3 rings (SSSR count). The number of nitrogens with zero attached hydrogens (tertiary/aromatic N) is 2. The van der Waals surface area contributed by atoms with Gasteiger partial charge in [-0.2, -0.15) is 13.2 Å². The van der Waals surface area contributed by atoms with Gasteiger partial charge in [0.1, 0.15) is 15.7 Å². The quantitative estimate of drug-likeness (QED) is 0.488. The lowest BCUT2D eigenvalue weighted by molar-refractivity contribution is -0.137. The molecule has 2 N–H and O–H groups in total. The van der Waals surface area contributed by atoms with Crippen LogP contribution in [-0.2, 0) is 6.18 Å². The Morgan fingerprint density at radius 3 is 2.47 bits per heavy atom. The van der Waals surface area contributed by atoms with Gasteiger partial charge in [0, 0.05) is 12.2 Å². The van der Waals surface area contributed by atoms with Crippen molar-refractivity contribution < 1.29 is 18.0 Å². The number of carbonyl (C=O) groups excluding carboxylic acids is 1. The summed E-state index contributed by atoms with van der Waals surface area (Å²) >= 11 is 6.70. The number of aromatic nitrogens is 2. The van der Waals surface area contributed by atoms with E-state index in [1.165, 1.54) is 6.20 Å². The van der Waals surface area contributed by atoms with Gasteiger partial charge in [-0.15, -0.1) is 11.3 Å². The number of halogens is 4. The highest BCUT2D eigenvalue weighted by atomic mass is 35.5. The van der Waals surface area contributed by atoms with Gasteiger partial charge in [-0.3, -0.25) is 4.79 Å². The Kier molecular flexibility index (Phi) is 6.74. The van der Waals surface area contributed by atoms with Crippen molar-refractivity contribution in [2.24, 2.45) is 0 Å². The zero-order valence-electron chi connectivity index (χ0n) is 16.0. The number of anilines is 1. The van der Waals surface area contributed by atoms with E-state index < -0.39 is 22.7 Å². The average Bonchev–Trinajstić information content (AvgIpc) is 3.20. The molecule has 30 heavy (non-hydrogen) atoms. The summed E-state index contributed by atoms with van der Waals surface area (Å²) < 4.78 is 38.9. The van der Waals surface area contributed by atoms with Crippen LogP contribution in [0.1, 0.15) is 51.7 Å². The third-order valence-corrected chi connectivity index (χ3v) is 5.80. The highest BCUT2D eigenvalue weighted by Gasteiger charge is 2.34. The van der Waals surface area contributed by atoms with E-state index in [-0.39, 0.29) is 22.8 Å². The largest absolute Gasteiger partial charge is 0.418 e. The van der Waals surface area contributed by atoms with Crippen molar-refractivity contribution in [2.45, 2.75) is 32.1 Å². The third kappa shape index (κ3) is 5.35. The van der Waals surface area contributed by atoms with Crippen molar-refractivity contribution in [3.63, 3.8) is 0 Å². The minimum Gasteiger partial charge on any atom is -0.306 e. The molecular weight excluding hydrogens is 437 g/mol. The van der Waals surface area contributed by atoms with E-state index in [4.69, 9.17) is 11.6 Å². The summed E-state index contributed by atoms with van der Waals surface area (Å²) in [6.07, 6.45) is -2.40. The number of hydrogen-bond donors (Lipinski definition) is 2. The van der Waals surface area contributed by atoms with Crippen molar-refractivity contribution in [3.8, 4) is 0 Å². The van der Waals surface area contributed by atoms with Crippen LogP contribution in [-0.4, -0.2) is 15.9 Å². The van der Waals surface area contributed by atoms with Gasteiger partial charge in [-0.25, -0.2) is 9.97 Å². The van der Waals surface area contributed by atoms with Gasteiger partial charge in [0.2, 0.25) is 0 Å². The van der Waals surface area contributed by atoms with Crippen molar-refractivity contribution >= 4 is 34.7 Å². The fraction of sp³-hybridized carbons (Fsp3) is 0.250. The number of hydrogen-bond acceptors (Lipinski definition) is 5. The molecule has 2 heterocycles. The Labute approximate surface area is 180 Å². The van der Waals surface area contributed by atoms with Crippen LogP contribution in [0.4, 0.5) is 19.0 Å². The summed E-state index contributed by atoms with van der Waals surface area (Å²) in [4.78, 5) is 20.7. The predicted molar refractivity (Wildman–Crippen MR) is 111 cm³/mol. The average molecular weight is 455 g/mol. The summed E-state index contributed by atoms with van der Waals surface area (Å²) in [5.41, 5.74) is 0.0559. The number of pyridine rings is 1. The van der Waals surface area contributed by atoms with Crippen LogP contribution >= 0.6 is 22.9 Å². The molecule has 0 aliphatic heterocycles. The minimum absolute atomic E-state index is 0.0708. The molecule has 10 heteroatoms. The van der Waals surface area contributed by atoms with Crippen LogP contribution in [0.15, 0.2) is 48.8 Å². The first-order chi connectivity index (χ1) is 14.1. The fourth-order valence-electron chi connectivity index (χ4n) is 2.78. The highest BCUT2D eigenvalue weighted by molar-refractivity contribution is 7.13. The van der Waals surface area contributed by atoms with Crippen LogP contribution in [0.2, 0.25) is 5.02 Å². The molecule has 0 aliphatic carbocycles. The molecule has 0 radical (unpaired) electrons. The topological polar surface area (TPSA) is 66.9 Å².